The van der Waals surface area contributed by atoms with Crippen LogP contribution in [-0.4, -0.2) is 36.5 Å². The first-order valence-corrected chi connectivity index (χ1v) is 7.55. The molecule has 0 saturated carbocycles. The summed E-state index contributed by atoms with van der Waals surface area (Å²) in [6.07, 6.45) is 3.81. The van der Waals surface area contributed by atoms with E-state index in [1.807, 2.05) is 12.1 Å². The lowest BCUT2D eigenvalue weighted by atomic mass is 10.00. The van der Waals surface area contributed by atoms with E-state index in [0.717, 1.165) is 19.3 Å². The molecule has 21 heavy (non-hydrogen) atoms. The molecule has 114 valence electrons. The largest absolute Gasteiger partial charge is 0.467 e. The number of hydrogen-bond donors (Lipinski definition) is 0. The first-order chi connectivity index (χ1) is 10.1. The van der Waals surface area contributed by atoms with Crippen LogP contribution in [0, 0.1) is 6.92 Å². The summed E-state index contributed by atoms with van der Waals surface area (Å²) in [5.74, 6) is -0.243. The summed E-state index contributed by atoms with van der Waals surface area (Å²) in [6, 6.07) is 7.70. The van der Waals surface area contributed by atoms with Crippen LogP contribution in [0.2, 0.25) is 0 Å². The lowest BCUT2D eigenvalue weighted by molar-refractivity contribution is -0.154. The maximum absolute atomic E-state index is 12.4. The third kappa shape index (κ3) is 3.84. The van der Waals surface area contributed by atoms with Crippen molar-refractivity contribution in [1.82, 2.24) is 4.90 Å². The first kappa shape index (κ1) is 15.5. The number of esters is 1. The van der Waals surface area contributed by atoms with E-state index in [1.54, 1.807) is 4.90 Å². The van der Waals surface area contributed by atoms with Crippen LogP contribution in [0.25, 0.3) is 0 Å². The van der Waals surface area contributed by atoms with Gasteiger partial charge >= 0.3 is 5.97 Å². The zero-order chi connectivity index (χ0) is 15.2. The number of likely N-dealkylation sites (tertiary alicyclic amines) is 1. The van der Waals surface area contributed by atoms with Gasteiger partial charge in [-0.3, -0.25) is 4.79 Å². The van der Waals surface area contributed by atoms with E-state index in [2.05, 4.69) is 19.1 Å². The van der Waals surface area contributed by atoms with Gasteiger partial charge in [-0.05, 0) is 43.7 Å². The van der Waals surface area contributed by atoms with Gasteiger partial charge < -0.3 is 9.64 Å². The van der Waals surface area contributed by atoms with Crippen molar-refractivity contribution in [1.29, 1.82) is 0 Å². The number of methoxy groups -OCH3 is 1. The number of carbonyl (C=O) groups is 2. The molecule has 1 aromatic carbocycles. The summed E-state index contributed by atoms with van der Waals surface area (Å²) in [4.78, 5) is 25.9. The highest BCUT2D eigenvalue weighted by Crippen LogP contribution is 2.20. The van der Waals surface area contributed by atoms with E-state index in [0.29, 0.717) is 19.4 Å². The predicted octanol–water partition coefficient (Wildman–Crippen LogP) is 2.48. The zero-order valence-corrected chi connectivity index (χ0v) is 12.8. The second kappa shape index (κ2) is 7.25. The Morgan fingerprint density at radius 3 is 2.76 bits per heavy atom. The fraction of sp³-hybridized carbons (Fsp3) is 0.529. The van der Waals surface area contributed by atoms with Gasteiger partial charge in [0.2, 0.25) is 5.91 Å². The molecule has 1 fully saturated rings. The van der Waals surface area contributed by atoms with Gasteiger partial charge in [-0.1, -0.05) is 24.3 Å². The Bertz CT molecular complexity index is 513. The molecule has 1 saturated heterocycles. The van der Waals surface area contributed by atoms with E-state index in [9.17, 15) is 9.59 Å². The van der Waals surface area contributed by atoms with Crippen LogP contribution < -0.4 is 0 Å². The number of aryl methyl sites for hydroxylation is 2. The van der Waals surface area contributed by atoms with Gasteiger partial charge in [0.15, 0.2) is 0 Å². The molecule has 1 aliphatic rings. The number of carbonyl (C=O) groups excluding carboxylic acids is 2. The Morgan fingerprint density at radius 2 is 2.05 bits per heavy atom. The van der Waals surface area contributed by atoms with Crippen molar-refractivity contribution in [2.75, 3.05) is 13.7 Å². The predicted molar refractivity (Wildman–Crippen MR) is 80.9 cm³/mol. The highest BCUT2D eigenvalue weighted by Gasteiger charge is 2.32. The van der Waals surface area contributed by atoms with Crippen molar-refractivity contribution >= 4 is 11.9 Å². The Labute approximate surface area is 126 Å². The fourth-order valence-electron chi connectivity index (χ4n) is 2.89. The van der Waals surface area contributed by atoms with Crippen LogP contribution in [0.15, 0.2) is 24.3 Å². The van der Waals surface area contributed by atoms with Crippen molar-refractivity contribution in [3.63, 3.8) is 0 Å². The van der Waals surface area contributed by atoms with E-state index in [4.69, 9.17) is 4.74 Å². The second-order valence-corrected chi connectivity index (χ2v) is 5.55. The molecule has 1 aromatic rings. The fourth-order valence-corrected chi connectivity index (χ4v) is 2.89. The van der Waals surface area contributed by atoms with Crippen molar-refractivity contribution in [3.8, 4) is 0 Å². The average Bonchev–Trinajstić information content (AvgIpc) is 2.53. The molecule has 0 N–H and O–H groups in total. The molecule has 4 nitrogen and oxygen atoms in total. The minimum Gasteiger partial charge on any atom is -0.467 e. The van der Waals surface area contributed by atoms with Crippen molar-refractivity contribution in [3.05, 3.63) is 35.4 Å². The Hall–Kier alpha value is -1.84. The molecule has 1 aliphatic heterocycles. The molecule has 0 spiro atoms. The van der Waals surface area contributed by atoms with E-state index >= 15 is 0 Å². The molecule has 1 amide bonds. The van der Waals surface area contributed by atoms with Gasteiger partial charge in [0, 0.05) is 13.0 Å². The van der Waals surface area contributed by atoms with Gasteiger partial charge in [0.1, 0.15) is 6.04 Å². The van der Waals surface area contributed by atoms with Crippen molar-refractivity contribution < 1.29 is 14.3 Å². The molecule has 2 rings (SSSR count). The molecule has 1 atom stereocenters. The number of benzene rings is 1. The van der Waals surface area contributed by atoms with E-state index < -0.39 is 6.04 Å². The summed E-state index contributed by atoms with van der Waals surface area (Å²) >= 11 is 0. The molecular weight excluding hydrogens is 266 g/mol. The molecule has 0 aliphatic carbocycles. The lowest BCUT2D eigenvalue weighted by Gasteiger charge is -2.33. The first-order valence-electron chi connectivity index (χ1n) is 7.55. The van der Waals surface area contributed by atoms with Crippen molar-refractivity contribution in [2.24, 2.45) is 0 Å². The molecular formula is C17H23NO3. The van der Waals surface area contributed by atoms with Crippen LogP contribution >= 0.6 is 0 Å². The van der Waals surface area contributed by atoms with Gasteiger partial charge in [0.05, 0.1) is 7.11 Å². The van der Waals surface area contributed by atoms with E-state index in [1.165, 1.54) is 18.2 Å². The SMILES string of the molecule is COC(=O)[C@H]1CCCCN1C(=O)CCc1ccccc1C. The molecule has 0 aromatic heterocycles. The minimum atomic E-state index is -0.395. The Morgan fingerprint density at radius 1 is 1.29 bits per heavy atom. The van der Waals surface area contributed by atoms with Crippen LogP contribution in [0.4, 0.5) is 0 Å². The number of rotatable bonds is 4. The monoisotopic (exact) mass is 289 g/mol. The van der Waals surface area contributed by atoms with Crippen LogP contribution in [0.3, 0.4) is 0 Å². The minimum absolute atomic E-state index is 0.0494. The zero-order valence-electron chi connectivity index (χ0n) is 12.8. The van der Waals surface area contributed by atoms with Crippen LogP contribution in [-0.2, 0) is 20.7 Å². The number of nitrogens with zero attached hydrogens (tertiary/aromatic N) is 1. The van der Waals surface area contributed by atoms with Gasteiger partial charge in [-0.2, -0.15) is 0 Å². The highest BCUT2D eigenvalue weighted by atomic mass is 16.5. The maximum atomic E-state index is 12.4. The van der Waals surface area contributed by atoms with E-state index in [-0.39, 0.29) is 11.9 Å². The number of piperidine rings is 1. The highest BCUT2D eigenvalue weighted by molar-refractivity contribution is 5.84. The third-order valence-electron chi connectivity index (χ3n) is 4.17. The summed E-state index contributed by atoms with van der Waals surface area (Å²) in [7, 11) is 1.38. The van der Waals surface area contributed by atoms with Gasteiger partial charge in [-0.15, -0.1) is 0 Å². The van der Waals surface area contributed by atoms with Gasteiger partial charge in [-0.25, -0.2) is 4.79 Å². The molecule has 0 radical (unpaired) electrons. The summed E-state index contributed by atoms with van der Waals surface area (Å²) in [5, 5.41) is 0. The second-order valence-electron chi connectivity index (χ2n) is 5.55. The lowest BCUT2D eigenvalue weighted by Crippen LogP contribution is -2.48. The molecule has 0 unspecified atom stereocenters. The quantitative estimate of drug-likeness (QED) is 0.800. The molecule has 0 bridgehead atoms. The summed E-state index contributed by atoms with van der Waals surface area (Å²) < 4.78 is 4.82. The number of ether oxygens (including phenoxy) is 1. The summed E-state index contributed by atoms with van der Waals surface area (Å²) in [5.41, 5.74) is 2.39. The molecule has 1 heterocycles. The number of amides is 1. The van der Waals surface area contributed by atoms with Crippen LogP contribution in [0.1, 0.15) is 36.8 Å². The van der Waals surface area contributed by atoms with Crippen molar-refractivity contribution in [2.45, 2.75) is 45.1 Å². The molecule has 4 heteroatoms. The number of hydrogen-bond acceptors (Lipinski definition) is 3. The van der Waals surface area contributed by atoms with Crippen LogP contribution in [0.5, 0.6) is 0 Å². The summed E-state index contributed by atoms with van der Waals surface area (Å²) in [6.45, 7) is 2.71. The van der Waals surface area contributed by atoms with Gasteiger partial charge in [0.25, 0.3) is 0 Å². The third-order valence-corrected chi connectivity index (χ3v) is 4.17. The Balaban J connectivity index is 1.98. The standard InChI is InChI=1S/C17H23NO3/c1-13-7-3-4-8-14(13)10-11-16(19)18-12-6-5-9-15(18)17(20)21-2/h3-4,7-8,15H,5-6,9-12H2,1-2H3/t15-/m1/s1. The topological polar surface area (TPSA) is 46.6 Å². The average molecular weight is 289 g/mol. The normalized spacial score (nSPS) is 18.4. The smallest absolute Gasteiger partial charge is 0.328 e. The maximum Gasteiger partial charge on any atom is 0.328 e. The Kier molecular flexibility index (Phi) is 5.37.